The number of carbonyl (C=O) groups is 1. The first-order valence-corrected chi connectivity index (χ1v) is 6.95. The summed E-state index contributed by atoms with van der Waals surface area (Å²) >= 11 is 3.26. The minimum Gasteiger partial charge on any atom is -0.394 e. The van der Waals surface area contributed by atoms with Crippen LogP contribution in [-0.4, -0.2) is 35.1 Å². The van der Waals surface area contributed by atoms with Crippen LogP contribution < -0.4 is 0 Å². The Morgan fingerprint density at radius 3 is 3.11 bits per heavy atom. The number of aliphatic hydroxyl groups excluding tert-OH is 1. The summed E-state index contributed by atoms with van der Waals surface area (Å²) < 4.78 is 14.3. The Hall–Kier alpha value is -1.20. The van der Waals surface area contributed by atoms with Gasteiger partial charge in [-0.15, -0.1) is 0 Å². The van der Waals surface area contributed by atoms with E-state index in [1.807, 2.05) is 0 Å². The first-order chi connectivity index (χ1) is 9.11. The van der Waals surface area contributed by atoms with E-state index in [2.05, 4.69) is 15.9 Å². The van der Waals surface area contributed by atoms with Crippen LogP contribution in [0.4, 0.5) is 4.39 Å². The highest BCUT2D eigenvalue weighted by Crippen LogP contribution is 2.19. The lowest BCUT2D eigenvalue weighted by atomic mass is 10.2. The zero-order valence-corrected chi connectivity index (χ0v) is 11.9. The van der Waals surface area contributed by atoms with Gasteiger partial charge in [-0.05, 0) is 37.1 Å². The molecule has 1 fully saturated rings. The van der Waals surface area contributed by atoms with E-state index < -0.39 is 0 Å². The molecule has 0 saturated carbocycles. The summed E-state index contributed by atoms with van der Waals surface area (Å²) in [6.07, 6.45) is 4.55. The molecule has 0 radical (unpaired) electrons. The van der Waals surface area contributed by atoms with E-state index in [0.29, 0.717) is 12.1 Å². The zero-order valence-electron chi connectivity index (χ0n) is 10.4. The van der Waals surface area contributed by atoms with E-state index in [0.717, 1.165) is 17.3 Å². The van der Waals surface area contributed by atoms with Gasteiger partial charge in [-0.25, -0.2) is 4.39 Å². The molecule has 1 heterocycles. The van der Waals surface area contributed by atoms with Crippen LogP contribution in [0.3, 0.4) is 0 Å². The van der Waals surface area contributed by atoms with Crippen molar-refractivity contribution in [1.82, 2.24) is 4.90 Å². The SMILES string of the molecule is O=C(C=Cc1cc(Br)ccc1F)N1CCC[C@H]1CO. The Balaban J connectivity index is 2.09. The second-order valence-corrected chi connectivity index (χ2v) is 5.43. The maximum Gasteiger partial charge on any atom is 0.246 e. The lowest BCUT2D eigenvalue weighted by Gasteiger charge is -2.21. The first kappa shape index (κ1) is 14.2. The lowest BCUT2D eigenvalue weighted by molar-refractivity contribution is -0.127. The number of likely N-dealkylation sites (tertiary alicyclic amines) is 1. The van der Waals surface area contributed by atoms with Crippen LogP contribution in [0.1, 0.15) is 18.4 Å². The van der Waals surface area contributed by atoms with Crippen LogP contribution in [0.25, 0.3) is 6.08 Å². The molecular weight excluding hydrogens is 313 g/mol. The summed E-state index contributed by atoms with van der Waals surface area (Å²) in [5.41, 5.74) is 0.363. The van der Waals surface area contributed by atoms with Crippen molar-refractivity contribution >= 4 is 27.9 Å². The maximum absolute atomic E-state index is 13.5. The normalized spacial score (nSPS) is 19.3. The summed E-state index contributed by atoms with van der Waals surface area (Å²) in [6, 6.07) is 4.47. The summed E-state index contributed by atoms with van der Waals surface area (Å²) in [4.78, 5) is 13.6. The van der Waals surface area contributed by atoms with Crippen molar-refractivity contribution in [2.24, 2.45) is 0 Å². The number of amides is 1. The van der Waals surface area contributed by atoms with E-state index in [1.54, 1.807) is 17.0 Å². The van der Waals surface area contributed by atoms with Crippen LogP contribution >= 0.6 is 15.9 Å². The molecule has 0 unspecified atom stereocenters. The number of hydrogen-bond donors (Lipinski definition) is 1. The second kappa shape index (κ2) is 6.30. The van der Waals surface area contributed by atoms with E-state index in [1.165, 1.54) is 18.2 Å². The van der Waals surface area contributed by atoms with Gasteiger partial charge in [-0.3, -0.25) is 4.79 Å². The predicted molar refractivity (Wildman–Crippen MR) is 75.0 cm³/mol. The number of aliphatic hydroxyl groups is 1. The van der Waals surface area contributed by atoms with Crippen LogP contribution in [0, 0.1) is 5.82 Å². The van der Waals surface area contributed by atoms with Crippen molar-refractivity contribution in [3.05, 3.63) is 40.1 Å². The number of benzene rings is 1. The molecule has 5 heteroatoms. The van der Waals surface area contributed by atoms with E-state index in [-0.39, 0.29) is 24.4 Å². The van der Waals surface area contributed by atoms with Crippen molar-refractivity contribution in [1.29, 1.82) is 0 Å². The van der Waals surface area contributed by atoms with Crippen molar-refractivity contribution < 1.29 is 14.3 Å². The summed E-state index contributed by atoms with van der Waals surface area (Å²) in [6.45, 7) is 0.625. The van der Waals surface area contributed by atoms with Crippen molar-refractivity contribution in [3.63, 3.8) is 0 Å². The van der Waals surface area contributed by atoms with Crippen molar-refractivity contribution in [2.75, 3.05) is 13.2 Å². The number of nitrogens with zero attached hydrogens (tertiary/aromatic N) is 1. The van der Waals surface area contributed by atoms with Gasteiger partial charge in [0.05, 0.1) is 12.6 Å². The standard InChI is InChI=1S/C14H15BrFNO2/c15-11-4-5-13(16)10(8-11)3-6-14(19)17-7-1-2-12(17)9-18/h3-6,8,12,18H,1-2,7,9H2/t12-/m0/s1. The number of halogens is 2. The van der Waals surface area contributed by atoms with Gasteiger partial charge in [0.15, 0.2) is 0 Å². The van der Waals surface area contributed by atoms with Gasteiger partial charge in [0.2, 0.25) is 5.91 Å². The van der Waals surface area contributed by atoms with Gasteiger partial charge in [0.1, 0.15) is 5.82 Å². The molecule has 102 valence electrons. The Bertz CT molecular complexity index is 504. The average molecular weight is 328 g/mol. The number of rotatable bonds is 3. The first-order valence-electron chi connectivity index (χ1n) is 6.16. The van der Waals surface area contributed by atoms with Gasteiger partial charge >= 0.3 is 0 Å². The molecule has 1 aliphatic rings. The van der Waals surface area contributed by atoms with Crippen LogP contribution in [0.2, 0.25) is 0 Å². The molecule has 1 N–H and O–H groups in total. The van der Waals surface area contributed by atoms with Crippen molar-refractivity contribution in [2.45, 2.75) is 18.9 Å². The molecule has 0 aliphatic carbocycles. The third-order valence-corrected chi connectivity index (χ3v) is 3.73. The van der Waals surface area contributed by atoms with E-state index in [9.17, 15) is 9.18 Å². The molecule has 1 aromatic carbocycles. The summed E-state index contributed by atoms with van der Waals surface area (Å²) in [5, 5.41) is 9.17. The van der Waals surface area contributed by atoms with Gasteiger partial charge in [-0.2, -0.15) is 0 Å². The van der Waals surface area contributed by atoms with Gasteiger partial charge in [0, 0.05) is 22.7 Å². The predicted octanol–water partition coefficient (Wildman–Crippen LogP) is 2.58. The fourth-order valence-corrected chi connectivity index (χ4v) is 2.59. The lowest BCUT2D eigenvalue weighted by Crippen LogP contribution is -2.36. The molecule has 0 bridgehead atoms. The molecule has 0 aromatic heterocycles. The maximum atomic E-state index is 13.5. The van der Waals surface area contributed by atoms with Crippen LogP contribution in [0.5, 0.6) is 0 Å². The molecular formula is C14H15BrFNO2. The fraction of sp³-hybridized carbons (Fsp3) is 0.357. The van der Waals surface area contributed by atoms with Gasteiger partial charge in [-0.1, -0.05) is 15.9 Å². The van der Waals surface area contributed by atoms with E-state index in [4.69, 9.17) is 5.11 Å². The second-order valence-electron chi connectivity index (χ2n) is 4.51. The Labute approximate surface area is 119 Å². The Kier molecular flexibility index (Phi) is 4.71. The average Bonchev–Trinajstić information content (AvgIpc) is 2.88. The smallest absolute Gasteiger partial charge is 0.246 e. The molecule has 1 amide bonds. The molecule has 1 aliphatic heterocycles. The molecule has 3 nitrogen and oxygen atoms in total. The molecule has 1 saturated heterocycles. The molecule has 0 spiro atoms. The minimum absolute atomic E-state index is 0.0230. The molecule has 2 rings (SSSR count). The number of carbonyl (C=O) groups excluding carboxylic acids is 1. The topological polar surface area (TPSA) is 40.5 Å². The molecule has 1 aromatic rings. The highest BCUT2D eigenvalue weighted by atomic mass is 79.9. The summed E-state index contributed by atoms with van der Waals surface area (Å²) in [5.74, 6) is -0.552. The largest absolute Gasteiger partial charge is 0.394 e. The van der Waals surface area contributed by atoms with Gasteiger partial charge < -0.3 is 10.0 Å². The third kappa shape index (κ3) is 3.42. The number of hydrogen-bond acceptors (Lipinski definition) is 2. The van der Waals surface area contributed by atoms with Crippen LogP contribution in [0.15, 0.2) is 28.7 Å². The highest BCUT2D eigenvalue weighted by Gasteiger charge is 2.26. The molecule has 19 heavy (non-hydrogen) atoms. The van der Waals surface area contributed by atoms with Gasteiger partial charge in [0.25, 0.3) is 0 Å². The third-order valence-electron chi connectivity index (χ3n) is 3.23. The Morgan fingerprint density at radius 1 is 1.58 bits per heavy atom. The monoisotopic (exact) mass is 327 g/mol. The summed E-state index contributed by atoms with van der Waals surface area (Å²) in [7, 11) is 0. The Morgan fingerprint density at radius 2 is 2.37 bits per heavy atom. The fourth-order valence-electron chi connectivity index (χ4n) is 2.21. The highest BCUT2D eigenvalue weighted by molar-refractivity contribution is 9.10. The molecule has 1 atom stereocenters. The van der Waals surface area contributed by atoms with Crippen molar-refractivity contribution in [3.8, 4) is 0 Å². The van der Waals surface area contributed by atoms with Crippen LogP contribution in [-0.2, 0) is 4.79 Å². The zero-order chi connectivity index (χ0) is 13.8. The van der Waals surface area contributed by atoms with E-state index >= 15 is 0 Å². The minimum atomic E-state index is -0.368. The quantitative estimate of drug-likeness (QED) is 0.867.